The van der Waals surface area contributed by atoms with Crippen molar-refractivity contribution in [3.63, 3.8) is 0 Å². The Morgan fingerprint density at radius 2 is 2.24 bits per heavy atom. The fourth-order valence-electron chi connectivity index (χ4n) is 2.41. The van der Waals surface area contributed by atoms with Crippen LogP contribution in [0.15, 0.2) is 21.9 Å². The maximum absolute atomic E-state index is 12.4. The van der Waals surface area contributed by atoms with Crippen LogP contribution in [0.5, 0.6) is 0 Å². The third-order valence-corrected chi connectivity index (χ3v) is 4.50. The largest absolute Gasteiger partial charge is 0.459 e. The van der Waals surface area contributed by atoms with Gasteiger partial charge in [0.1, 0.15) is 11.5 Å². The summed E-state index contributed by atoms with van der Waals surface area (Å²) in [6.45, 7) is 3.13. The first kappa shape index (κ1) is 13.8. The number of hydrogen-bond acceptors (Lipinski definition) is 5. The van der Waals surface area contributed by atoms with E-state index in [4.69, 9.17) is 9.68 Å². The van der Waals surface area contributed by atoms with E-state index in [9.17, 15) is 4.79 Å². The monoisotopic (exact) mass is 301 g/mol. The van der Waals surface area contributed by atoms with E-state index < -0.39 is 0 Å². The van der Waals surface area contributed by atoms with Gasteiger partial charge in [-0.15, -0.1) is 11.3 Å². The van der Waals surface area contributed by atoms with Gasteiger partial charge in [0.05, 0.1) is 6.07 Å². The van der Waals surface area contributed by atoms with E-state index in [0.29, 0.717) is 24.5 Å². The van der Waals surface area contributed by atoms with Crippen LogP contribution in [-0.4, -0.2) is 28.9 Å². The smallest absolute Gasteiger partial charge is 0.273 e. The second kappa shape index (κ2) is 5.70. The molecule has 2 aromatic rings. The molecule has 1 aliphatic rings. The Labute approximate surface area is 126 Å². The molecule has 108 valence electrons. The molecule has 1 saturated heterocycles. The predicted molar refractivity (Wildman–Crippen MR) is 78.8 cm³/mol. The zero-order chi connectivity index (χ0) is 14.8. The van der Waals surface area contributed by atoms with Crippen LogP contribution < -0.4 is 0 Å². The number of nitriles is 1. The molecule has 3 rings (SSSR count). The van der Waals surface area contributed by atoms with Gasteiger partial charge in [0.15, 0.2) is 10.8 Å². The van der Waals surface area contributed by atoms with E-state index in [-0.39, 0.29) is 11.8 Å². The van der Waals surface area contributed by atoms with Crippen LogP contribution in [-0.2, 0) is 0 Å². The molecule has 0 unspecified atom stereocenters. The van der Waals surface area contributed by atoms with Crippen molar-refractivity contribution in [3.05, 3.63) is 29.0 Å². The van der Waals surface area contributed by atoms with Gasteiger partial charge < -0.3 is 9.32 Å². The minimum Gasteiger partial charge on any atom is -0.459 e. The molecule has 2 aromatic heterocycles. The number of rotatable bonds is 2. The first-order valence-corrected chi connectivity index (χ1v) is 7.76. The zero-order valence-corrected chi connectivity index (χ0v) is 12.5. The summed E-state index contributed by atoms with van der Waals surface area (Å²) in [5.74, 6) is 1.54. The molecule has 0 radical (unpaired) electrons. The highest BCUT2D eigenvalue weighted by Gasteiger charge is 2.25. The number of aromatic nitrogens is 1. The van der Waals surface area contributed by atoms with Crippen molar-refractivity contribution in [2.45, 2.75) is 19.8 Å². The topological polar surface area (TPSA) is 70.1 Å². The SMILES string of the molecule is Cc1ccc(-c2nc(C(=O)N3CCC(C#N)CC3)cs2)o1. The van der Waals surface area contributed by atoms with Crippen LogP contribution in [0.25, 0.3) is 10.8 Å². The second-order valence-corrected chi connectivity index (χ2v) is 6.00. The van der Waals surface area contributed by atoms with Gasteiger partial charge in [-0.3, -0.25) is 4.79 Å². The summed E-state index contributed by atoms with van der Waals surface area (Å²) in [5, 5.41) is 11.4. The Kier molecular flexibility index (Phi) is 3.76. The lowest BCUT2D eigenvalue weighted by atomic mass is 9.98. The molecule has 1 amide bonds. The maximum atomic E-state index is 12.4. The van der Waals surface area contributed by atoms with Crippen LogP contribution in [0.1, 0.15) is 29.1 Å². The molecule has 5 nitrogen and oxygen atoms in total. The molecule has 1 fully saturated rings. The second-order valence-electron chi connectivity index (χ2n) is 5.14. The number of thiazole rings is 1. The van der Waals surface area contributed by atoms with Crippen LogP contribution in [0, 0.1) is 24.2 Å². The lowest BCUT2D eigenvalue weighted by Crippen LogP contribution is -2.38. The number of furan rings is 1. The van der Waals surface area contributed by atoms with Crippen LogP contribution in [0.4, 0.5) is 0 Å². The van der Waals surface area contributed by atoms with Gasteiger partial charge in [-0.1, -0.05) is 0 Å². The summed E-state index contributed by atoms with van der Waals surface area (Å²) in [5.41, 5.74) is 0.458. The number of amides is 1. The summed E-state index contributed by atoms with van der Waals surface area (Å²) in [7, 11) is 0. The molecule has 6 heteroatoms. The zero-order valence-electron chi connectivity index (χ0n) is 11.7. The average molecular weight is 301 g/mol. The Balaban J connectivity index is 1.72. The standard InChI is InChI=1S/C15H15N3O2S/c1-10-2-3-13(20-10)14-17-12(9-21-14)15(19)18-6-4-11(8-16)5-7-18/h2-3,9,11H,4-7H2,1H3. The number of aryl methyl sites for hydroxylation is 1. The normalized spacial score (nSPS) is 15.9. The van der Waals surface area contributed by atoms with Crippen molar-refractivity contribution in [1.29, 1.82) is 5.26 Å². The van der Waals surface area contributed by atoms with E-state index in [1.54, 1.807) is 10.3 Å². The van der Waals surface area contributed by atoms with Gasteiger partial charge in [0, 0.05) is 24.4 Å². The van der Waals surface area contributed by atoms with Crippen LogP contribution in [0.3, 0.4) is 0 Å². The fraction of sp³-hybridized carbons (Fsp3) is 0.400. The number of hydrogen-bond donors (Lipinski definition) is 0. The van der Waals surface area contributed by atoms with Gasteiger partial charge in [-0.25, -0.2) is 4.98 Å². The molecule has 1 aliphatic heterocycles. The molecule has 0 bridgehead atoms. The fourth-order valence-corrected chi connectivity index (χ4v) is 3.16. The highest BCUT2D eigenvalue weighted by atomic mass is 32.1. The molecule has 21 heavy (non-hydrogen) atoms. The lowest BCUT2D eigenvalue weighted by molar-refractivity contribution is 0.0702. The number of carbonyl (C=O) groups is 1. The summed E-state index contributed by atoms with van der Waals surface area (Å²) >= 11 is 1.41. The van der Waals surface area contributed by atoms with Gasteiger partial charge >= 0.3 is 0 Å². The molecule has 0 saturated carbocycles. The van der Waals surface area contributed by atoms with E-state index in [2.05, 4.69) is 11.1 Å². The van der Waals surface area contributed by atoms with Crippen LogP contribution in [0.2, 0.25) is 0 Å². The Morgan fingerprint density at radius 3 is 2.86 bits per heavy atom. The van der Waals surface area contributed by atoms with E-state index in [0.717, 1.165) is 23.6 Å². The van der Waals surface area contributed by atoms with Gasteiger partial charge in [-0.2, -0.15) is 5.26 Å². The number of piperidine rings is 1. The first-order chi connectivity index (χ1) is 10.2. The molecular weight excluding hydrogens is 286 g/mol. The van der Waals surface area contributed by atoms with Crippen molar-refractivity contribution >= 4 is 17.2 Å². The van der Waals surface area contributed by atoms with Crippen molar-refractivity contribution < 1.29 is 9.21 Å². The number of likely N-dealkylation sites (tertiary alicyclic amines) is 1. The molecule has 0 N–H and O–H groups in total. The summed E-state index contributed by atoms with van der Waals surface area (Å²) in [6.07, 6.45) is 1.49. The van der Waals surface area contributed by atoms with Crippen molar-refractivity contribution in [2.75, 3.05) is 13.1 Å². The Bertz CT molecular complexity index is 690. The van der Waals surface area contributed by atoms with Crippen molar-refractivity contribution in [2.24, 2.45) is 5.92 Å². The van der Waals surface area contributed by atoms with Crippen molar-refractivity contribution in [3.8, 4) is 16.8 Å². The molecule has 3 heterocycles. The lowest BCUT2D eigenvalue weighted by Gasteiger charge is -2.28. The minimum atomic E-state index is -0.0582. The van der Waals surface area contributed by atoms with E-state index in [1.807, 2.05) is 19.1 Å². The summed E-state index contributed by atoms with van der Waals surface area (Å²) in [4.78, 5) is 18.6. The molecule has 0 atom stereocenters. The Hall–Kier alpha value is -2.13. The van der Waals surface area contributed by atoms with E-state index >= 15 is 0 Å². The maximum Gasteiger partial charge on any atom is 0.273 e. The number of carbonyl (C=O) groups excluding carboxylic acids is 1. The summed E-state index contributed by atoms with van der Waals surface area (Å²) in [6, 6.07) is 6.01. The molecule has 0 aliphatic carbocycles. The summed E-state index contributed by atoms with van der Waals surface area (Å²) < 4.78 is 5.52. The third kappa shape index (κ3) is 2.83. The highest BCUT2D eigenvalue weighted by molar-refractivity contribution is 7.13. The quantitative estimate of drug-likeness (QED) is 0.854. The van der Waals surface area contributed by atoms with Gasteiger partial charge in [-0.05, 0) is 31.9 Å². The van der Waals surface area contributed by atoms with Crippen molar-refractivity contribution in [1.82, 2.24) is 9.88 Å². The van der Waals surface area contributed by atoms with Gasteiger partial charge in [0.2, 0.25) is 0 Å². The average Bonchev–Trinajstić information content (AvgIpc) is 3.15. The molecular formula is C15H15N3O2S. The Morgan fingerprint density at radius 1 is 1.48 bits per heavy atom. The van der Waals surface area contributed by atoms with Gasteiger partial charge in [0.25, 0.3) is 5.91 Å². The molecule has 0 aromatic carbocycles. The van der Waals surface area contributed by atoms with E-state index in [1.165, 1.54) is 11.3 Å². The molecule has 0 spiro atoms. The minimum absolute atomic E-state index is 0.0582. The highest BCUT2D eigenvalue weighted by Crippen LogP contribution is 2.26. The predicted octanol–water partition coefficient (Wildman–Crippen LogP) is 3.09. The van der Waals surface area contributed by atoms with Crippen LogP contribution >= 0.6 is 11.3 Å². The first-order valence-electron chi connectivity index (χ1n) is 6.88. The third-order valence-electron chi connectivity index (χ3n) is 3.64. The number of nitrogens with zero attached hydrogens (tertiary/aromatic N) is 3.